The summed E-state index contributed by atoms with van der Waals surface area (Å²) in [6.07, 6.45) is 0. The zero-order valence-electron chi connectivity index (χ0n) is 10.1. The summed E-state index contributed by atoms with van der Waals surface area (Å²) in [5.41, 5.74) is 0.603. The van der Waals surface area contributed by atoms with Crippen molar-refractivity contribution in [2.45, 2.75) is 6.54 Å². The van der Waals surface area contributed by atoms with Gasteiger partial charge in [0.05, 0.1) is 18.4 Å². The fourth-order valence-electron chi connectivity index (χ4n) is 1.53. The molecule has 0 saturated carbocycles. The Labute approximate surface area is 122 Å². The Morgan fingerprint density at radius 2 is 2.26 bits per heavy atom. The van der Waals surface area contributed by atoms with E-state index in [0.29, 0.717) is 12.1 Å². The number of rotatable bonds is 4. The maximum atomic E-state index is 13.6. The maximum absolute atomic E-state index is 13.6. The van der Waals surface area contributed by atoms with Crippen LogP contribution >= 0.6 is 27.3 Å². The highest BCUT2D eigenvalue weighted by atomic mass is 79.9. The largest absolute Gasteiger partial charge is 0.465 e. The van der Waals surface area contributed by atoms with Crippen LogP contribution in [0.15, 0.2) is 34.1 Å². The molecule has 2 rings (SSSR count). The van der Waals surface area contributed by atoms with Crippen molar-refractivity contribution in [2.75, 3.05) is 12.4 Å². The van der Waals surface area contributed by atoms with E-state index >= 15 is 0 Å². The highest BCUT2D eigenvalue weighted by molar-refractivity contribution is 9.10. The van der Waals surface area contributed by atoms with E-state index in [1.54, 1.807) is 11.3 Å². The van der Waals surface area contributed by atoms with Crippen LogP contribution in [0, 0.1) is 5.82 Å². The first-order chi connectivity index (χ1) is 9.10. The topological polar surface area (TPSA) is 38.3 Å². The molecule has 1 heterocycles. The molecule has 0 saturated heterocycles. The molecule has 0 radical (unpaired) electrons. The molecule has 0 amide bonds. The molecule has 3 nitrogen and oxygen atoms in total. The van der Waals surface area contributed by atoms with E-state index in [2.05, 4.69) is 26.0 Å². The predicted octanol–water partition coefficient (Wildman–Crippen LogP) is 4.05. The van der Waals surface area contributed by atoms with Crippen LogP contribution in [0.1, 0.15) is 15.2 Å². The van der Waals surface area contributed by atoms with Gasteiger partial charge in [-0.25, -0.2) is 9.18 Å². The summed E-state index contributed by atoms with van der Waals surface area (Å²) in [7, 11) is 1.29. The molecular weight excluding hydrogens is 333 g/mol. The van der Waals surface area contributed by atoms with Gasteiger partial charge in [-0.15, -0.1) is 11.3 Å². The molecule has 1 aromatic carbocycles. The van der Waals surface area contributed by atoms with Crippen LogP contribution in [-0.4, -0.2) is 13.1 Å². The molecule has 0 atom stereocenters. The van der Waals surface area contributed by atoms with Crippen molar-refractivity contribution in [2.24, 2.45) is 0 Å². The Morgan fingerprint density at radius 1 is 1.47 bits per heavy atom. The minimum absolute atomic E-state index is 0.285. The smallest absolute Gasteiger partial charge is 0.337 e. The van der Waals surface area contributed by atoms with Crippen molar-refractivity contribution in [3.05, 3.63) is 50.4 Å². The van der Waals surface area contributed by atoms with E-state index in [1.807, 2.05) is 11.4 Å². The normalized spacial score (nSPS) is 10.3. The monoisotopic (exact) mass is 343 g/mol. The fraction of sp³-hybridized carbons (Fsp3) is 0.154. The van der Waals surface area contributed by atoms with Crippen LogP contribution in [0.3, 0.4) is 0 Å². The molecule has 0 spiro atoms. The summed E-state index contributed by atoms with van der Waals surface area (Å²) in [6.45, 7) is 0.498. The first-order valence-corrected chi connectivity index (χ1v) is 7.12. The molecule has 2 aromatic rings. The zero-order chi connectivity index (χ0) is 13.8. The number of halogens is 2. The quantitative estimate of drug-likeness (QED) is 0.851. The van der Waals surface area contributed by atoms with Gasteiger partial charge in [0.15, 0.2) is 0 Å². The van der Waals surface area contributed by atoms with Crippen LogP contribution in [0.2, 0.25) is 0 Å². The number of carbonyl (C=O) groups excluding carboxylic acids is 1. The third kappa shape index (κ3) is 3.54. The molecule has 0 fully saturated rings. The summed E-state index contributed by atoms with van der Waals surface area (Å²) >= 11 is 4.93. The average Bonchev–Trinajstić information content (AvgIpc) is 2.82. The summed E-state index contributed by atoms with van der Waals surface area (Å²) in [5, 5.41) is 4.93. The molecule has 19 heavy (non-hydrogen) atoms. The van der Waals surface area contributed by atoms with Gasteiger partial charge in [-0.05, 0) is 40.2 Å². The zero-order valence-corrected chi connectivity index (χ0v) is 12.5. The fourth-order valence-corrected chi connectivity index (χ4v) is 2.93. The van der Waals surface area contributed by atoms with Gasteiger partial charge < -0.3 is 10.1 Å². The lowest BCUT2D eigenvalue weighted by atomic mass is 10.2. The van der Waals surface area contributed by atoms with E-state index in [0.717, 1.165) is 9.35 Å². The number of thiophene rings is 1. The molecule has 0 aliphatic carbocycles. The van der Waals surface area contributed by atoms with Gasteiger partial charge in [0.25, 0.3) is 0 Å². The van der Waals surface area contributed by atoms with E-state index in [4.69, 9.17) is 0 Å². The number of esters is 1. The van der Waals surface area contributed by atoms with E-state index in [9.17, 15) is 9.18 Å². The van der Waals surface area contributed by atoms with Crippen molar-refractivity contribution in [3.63, 3.8) is 0 Å². The molecular formula is C13H11BrFNO2S. The number of anilines is 1. The van der Waals surface area contributed by atoms with E-state index in [1.165, 1.54) is 25.3 Å². The van der Waals surface area contributed by atoms with Crippen molar-refractivity contribution in [3.8, 4) is 0 Å². The van der Waals surface area contributed by atoms with Gasteiger partial charge in [-0.2, -0.15) is 0 Å². The average molecular weight is 344 g/mol. The molecule has 0 aliphatic rings. The van der Waals surface area contributed by atoms with Crippen LogP contribution < -0.4 is 5.32 Å². The molecule has 6 heteroatoms. The standard InChI is InChI=1S/C13H11BrFNO2S/c1-18-13(17)8-2-3-11(15)12(4-8)16-6-10-5-9(14)7-19-10/h2-5,7,16H,6H2,1H3. The first kappa shape index (κ1) is 14.0. The second-order valence-corrected chi connectivity index (χ2v) is 5.68. The lowest BCUT2D eigenvalue weighted by Gasteiger charge is -2.08. The summed E-state index contributed by atoms with van der Waals surface area (Å²) in [6, 6.07) is 6.05. The van der Waals surface area contributed by atoms with Crippen LogP contribution in [0.5, 0.6) is 0 Å². The maximum Gasteiger partial charge on any atom is 0.337 e. The summed E-state index contributed by atoms with van der Waals surface area (Å²) < 4.78 is 19.2. The molecule has 0 bridgehead atoms. The Hall–Kier alpha value is -1.40. The van der Waals surface area contributed by atoms with Gasteiger partial charge in [0.1, 0.15) is 5.82 Å². The van der Waals surface area contributed by atoms with E-state index in [-0.39, 0.29) is 5.69 Å². The van der Waals surface area contributed by atoms with Crippen LogP contribution in [0.25, 0.3) is 0 Å². The second-order valence-electron chi connectivity index (χ2n) is 3.77. The van der Waals surface area contributed by atoms with Crippen molar-refractivity contribution < 1.29 is 13.9 Å². The van der Waals surface area contributed by atoms with Gasteiger partial charge >= 0.3 is 5.97 Å². The Balaban J connectivity index is 2.12. The van der Waals surface area contributed by atoms with Crippen molar-refractivity contribution in [1.29, 1.82) is 0 Å². The van der Waals surface area contributed by atoms with Crippen LogP contribution in [0.4, 0.5) is 10.1 Å². The molecule has 1 aromatic heterocycles. The predicted molar refractivity (Wildman–Crippen MR) is 77.1 cm³/mol. The summed E-state index contributed by atoms with van der Waals surface area (Å²) in [5.74, 6) is -0.884. The second kappa shape index (κ2) is 6.16. The number of benzene rings is 1. The lowest BCUT2D eigenvalue weighted by Crippen LogP contribution is -2.05. The Morgan fingerprint density at radius 3 is 2.89 bits per heavy atom. The van der Waals surface area contributed by atoms with Gasteiger partial charge in [0.2, 0.25) is 0 Å². The highest BCUT2D eigenvalue weighted by Gasteiger charge is 2.10. The Bertz CT molecular complexity index is 600. The number of carbonyl (C=O) groups is 1. The van der Waals surface area contributed by atoms with Gasteiger partial charge in [0, 0.05) is 21.3 Å². The van der Waals surface area contributed by atoms with Gasteiger partial charge in [-0.3, -0.25) is 0 Å². The van der Waals surface area contributed by atoms with E-state index < -0.39 is 11.8 Å². The molecule has 0 unspecified atom stereocenters. The number of nitrogens with one attached hydrogen (secondary N) is 1. The minimum Gasteiger partial charge on any atom is -0.465 e. The van der Waals surface area contributed by atoms with Crippen molar-refractivity contribution >= 4 is 38.9 Å². The number of hydrogen-bond donors (Lipinski definition) is 1. The first-order valence-electron chi connectivity index (χ1n) is 5.45. The highest BCUT2D eigenvalue weighted by Crippen LogP contribution is 2.22. The molecule has 1 N–H and O–H groups in total. The SMILES string of the molecule is COC(=O)c1ccc(F)c(NCc2cc(Br)cs2)c1. The number of ether oxygens (including phenoxy) is 1. The van der Waals surface area contributed by atoms with Crippen molar-refractivity contribution in [1.82, 2.24) is 0 Å². The summed E-state index contributed by atoms with van der Waals surface area (Å²) in [4.78, 5) is 12.4. The number of methoxy groups -OCH3 is 1. The number of hydrogen-bond acceptors (Lipinski definition) is 4. The van der Waals surface area contributed by atoms with Gasteiger partial charge in [-0.1, -0.05) is 0 Å². The van der Waals surface area contributed by atoms with Crippen LogP contribution in [-0.2, 0) is 11.3 Å². The Kier molecular flexibility index (Phi) is 4.55. The molecule has 100 valence electrons. The minimum atomic E-state index is -0.484. The lowest BCUT2D eigenvalue weighted by molar-refractivity contribution is 0.0600. The molecule has 0 aliphatic heterocycles. The third-order valence-electron chi connectivity index (χ3n) is 2.46. The third-order valence-corrected chi connectivity index (χ3v) is 4.16.